The van der Waals surface area contributed by atoms with E-state index in [2.05, 4.69) is 22.3 Å². The van der Waals surface area contributed by atoms with E-state index in [1.54, 1.807) is 24.3 Å². The van der Waals surface area contributed by atoms with Gasteiger partial charge in [0.05, 0.1) is 0 Å². The smallest absolute Gasteiger partial charge is 0.291 e. The van der Waals surface area contributed by atoms with Crippen LogP contribution in [0.15, 0.2) is 65.1 Å². The summed E-state index contributed by atoms with van der Waals surface area (Å²) in [6.07, 6.45) is 2.57. The Kier molecular flexibility index (Phi) is 5.28. The number of hydrogen-bond acceptors (Lipinski definition) is 3. The molecule has 0 aliphatic carbocycles. The molecule has 5 heteroatoms. The van der Waals surface area contributed by atoms with Crippen LogP contribution in [0.25, 0.3) is 11.3 Å². The maximum Gasteiger partial charge on any atom is 0.291 e. The zero-order valence-electron chi connectivity index (χ0n) is 15.0. The first kappa shape index (κ1) is 17.8. The third-order valence-corrected chi connectivity index (χ3v) is 4.99. The summed E-state index contributed by atoms with van der Waals surface area (Å²) in [4.78, 5) is 14.9. The molecule has 138 valence electrons. The highest BCUT2D eigenvalue weighted by atomic mass is 35.5. The molecular weight excluding hydrogens is 360 g/mol. The lowest BCUT2D eigenvalue weighted by Gasteiger charge is -2.14. The highest BCUT2D eigenvalue weighted by Crippen LogP contribution is 2.25. The summed E-state index contributed by atoms with van der Waals surface area (Å²) in [7, 11) is 0. The minimum atomic E-state index is -0.268. The molecule has 27 heavy (non-hydrogen) atoms. The number of carbonyl (C=O) groups is 1. The Morgan fingerprint density at radius 1 is 1.04 bits per heavy atom. The molecule has 1 N–H and O–H groups in total. The van der Waals surface area contributed by atoms with Crippen molar-refractivity contribution in [2.45, 2.75) is 19.4 Å². The van der Waals surface area contributed by atoms with Crippen LogP contribution in [-0.4, -0.2) is 23.9 Å². The van der Waals surface area contributed by atoms with Gasteiger partial charge in [0.2, 0.25) is 0 Å². The summed E-state index contributed by atoms with van der Waals surface area (Å²) < 4.78 is 5.69. The lowest BCUT2D eigenvalue weighted by Crippen LogP contribution is -2.18. The molecule has 1 aliphatic rings. The number of nitrogens with one attached hydrogen (secondary N) is 1. The number of anilines is 1. The largest absolute Gasteiger partial charge is 0.451 e. The van der Waals surface area contributed by atoms with Crippen LogP contribution < -0.4 is 5.32 Å². The Bertz CT molecular complexity index is 927. The predicted molar refractivity (Wildman–Crippen MR) is 108 cm³/mol. The van der Waals surface area contributed by atoms with E-state index in [-0.39, 0.29) is 11.7 Å². The minimum Gasteiger partial charge on any atom is -0.451 e. The van der Waals surface area contributed by atoms with Gasteiger partial charge in [0.1, 0.15) is 5.76 Å². The van der Waals surface area contributed by atoms with Gasteiger partial charge in [-0.25, -0.2) is 0 Å². The molecule has 0 radical (unpaired) electrons. The summed E-state index contributed by atoms with van der Waals surface area (Å²) in [5.41, 5.74) is 2.86. The first-order chi connectivity index (χ1) is 13.2. The van der Waals surface area contributed by atoms with Crippen LogP contribution in [0, 0.1) is 0 Å². The Morgan fingerprint density at radius 3 is 2.56 bits per heavy atom. The number of nitrogens with zero attached hydrogens (tertiary/aromatic N) is 1. The van der Waals surface area contributed by atoms with Crippen LogP contribution in [0.5, 0.6) is 0 Å². The molecule has 3 aromatic rings. The highest BCUT2D eigenvalue weighted by Gasteiger charge is 2.14. The second-order valence-electron chi connectivity index (χ2n) is 6.81. The van der Waals surface area contributed by atoms with Gasteiger partial charge in [-0.1, -0.05) is 35.9 Å². The van der Waals surface area contributed by atoms with Crippen molar-refractivity contribution in [2.75, 3.05) is 18.4 Å². The van der Waals surface area contributed by atoms with E-state index >= 15 is 0 Å². The number of hydrogen-bond donors (Lipinski definition) is 1. The summed E-state index contributed by atoms with van der Waals surface area (Å²) in [6.45, 7) is 3.31. The van der Waals surface area contributed by atoms with Crippen LogP contribution in [0.4, 0.5) is 5.69 Å². The second kappa shape index (κ2) is 7.99. The molecule has 0 atom stereocenters. The Balaban J connectivity index is 1.40. The fourth-order valence-corrected chi connectivity index (χ4v) is 3.53. The van der Waals surface area contributed by atoms with Crippen molar-refractivity contribution in [3.8, 4) is 11.3 Å². The fraction of sp³-hybridized carbons (Fsp3) is 0.227. The predicted octanol–water partition coefficient (Wildman–Crippen LogP) is 5.45. The van der Waals surface area contributed by atoms with Gasteiger partial charge in [-0.2, -0.15) is 0 Å². The molecule has 1 saturated heterocycles. The van der Waals surface area contributed by atoms with Crippen LogP contribution in [-0.2, 0) is 6.54 Å². The van der Waals surface area contributed by atoms with E-state index in [0.29, 0.717) is 10.8 Å². The van der Waals surface area contributed by atoms with Crippen molar-refractivity contribution in [2.24, 2.45) is 0 Å². The van der Waals surface area contributed by atoms with Gasteiger partial charge in [-0.05, 0) is 67.9 Å². The van der Waals surface area contributed by atoms with Gasteiger partial charge in [-0.3, -0.25) is 9.69 Å². The van der Waals surface area contributed by atoms with E-state index in [1.807, 2.05) is 24.3 Å². The number of furan rings is 1. The van der Waals surface area contributed by atoms with Gasteiger partial charge < -0.3 is 9.73 Å². The third-order valence-electron chi connectivity index (χ3n) is 4.76. The van der Waals surface area contributed by atoms with Gasteiger partial charge >= 0.3 is 0 Å². The van der Waals surface area contributed by atoms with Crippen molar-refractivity contribution < 1.29 is 9.21 Å². The van der Waals surface area contributed by atoms with Crippen molar-refractivity contribution in [3.05, 3.63) is 77.0 Å². The van der Waals surface area contributed by atoms with Gasteiger partial charge in [0, 0.05) is 22.8 Å². The standard InChI is InChI=1S/C22H21ClN2O2/c23-18-5-3-4-17(14-18)20-10-11-21(27-20)22(26)24-19-8-6-16(7-9-19)15-25-12-1-2-13-25/h3-11,14H,1-2,12-13,15H2,(H,24,26). The summed E-state index contributed by atoms with van der Waals surface area (Å²) in [5, 5.41) is 3.51. The highest BCUT2D eigenvalue weighted by molar-refractivity contribution is 6.30. The first-order valence-electron chi connectivity index (χ1n) is 9.16. The molecule has 1 fully saturated rings. The zero-order valence-corrected chi connectivity index (χ0v) is 15.7. The Morgan fingerprint density at radius 2 is 1.81 bits per heavy atom. The minimum absolute atomic E-state index is 0.268. The average Bonchev–Trinajstić information content (AvgIpc) is 3.35. The Labute approximate surface area is 163 Å². The number of likely N-dealkylation sites (tertiary alicyclic amines) is 1. The number of carbonyl (C=O) groups excluding carboxylic acids is 1. The van der Waals surface area contributed by atoms with Crippen LogP contribution in [0.2, 0.25) is 5.02 Å². The average molecular weight is 381 g/mol. The quantitative estimate of drug-likeness (QED) is 0.640. The molecular formula is C22H21ClN2O2. The summed E-state index contributed by atoms with van der Waals surface area (Å²) in [6, 6.07) is 18.8. The molecule has 1 aromatic heterocycles. The maximum atomic E-state index is 12.5. The van der Waals surface area contributed by atoms with Crippen molar-refractivity contribution in [1.82, 2.24) is 4.90 Å². The second-order valence-corrected chi connectivity index (χ2v) is 7.24. The molecule has 2 aromatic carbocycles. The molecule has 4 rings (SSSR count). The lowest BCUT2D eigenvalue weighted by molar-refractivity contribution is 0.0997. The SMILES string of the molecule is O=C(Nc1ccc(CN2CCCC2)cc1)c1ccc(-c2cccc(Cl)c2)o1. The maximum absolute atomic E-state index is 12.5. The summed E-state index contributed by atoms with van der Waals surface area (Å²) in [5.74, 6) is 0.616. The molecule has 0 unspecified atom stereocenters. The van der Waals surface area contributed by atoms with E-state index in [1.165, 1.54) is 31.5 Å². The van der Waals surface area contributed by atoms with Crippen molar-refractivity contribution in [1.29, 1.82) is 0 Å². The topological polar surface area (TPSA) is 45.5 Å². The number of rotatable bonds is 5. The lowest BCUT2D eigenvalue weighted by atomic mass is 10.2. The van der Waals surface area contributed by atoms with Gasteiger partial charge in [0.25, 0.3) is 5.91 Å². The van der Waals surface area contributed by atoms with Crippen molar-refractivity contribution >= 4 is 23.2 Å². The molecule has 2 heterocycles. The zero-order chi connectivity index (χ0) is 18.6. The fourth-order valence-electron chi connectivity index (χ4n) is 3.34. The first-order valence-corrected chi connectivity index (χ1v) is 9.53. The summed E-state index contributed by atoms with van der Waals surface area (Å²) >= 11 is 6.01. The van der Waals surface area contributed by atoms with Crippen LogP contribution in [0.1, 0.15) is 29.0 Å². The van der Waals surface area contributed by atoms with E-state index < -0.39 is 0 Å². The normalized spacial score (nSPS) is 14.4. The van der Waals surface area contributed by atoms with E-state index in [4.69, 9.17) is 16.0 Å². The molecule has 0 spiro atoms. The van der Waals surface area contributed by atoms with E-state index in [0.717, 1.165) is 17.8 Å². The van der Waals surface area contributed by atoms with Gasteiger partial charge in [0.15, 0.2) is 5.76 Å². The van der Waals surface area contributed by atoms with Crippen molar-refractivity contribution in [3.63, 3.8) is 0 Å². The molecule has 1 amide bonds. The van der Waals surface area contributed by atoms with Crippen LogP contribution in [0.3, 0.4) is 0 Å². The molecule has 0 bridgehead atoms. The van der Waals surface area contributed by atoms with E-state index in [9.17, 15) is 4.79 Å². The molecule has 1 aliphatic heterocycles. The number of benzene rings is 2. The molecule has 0 saturated carbocycles. The number of amides is 1. The monoisotopic (exact) mass is 380 g/mol. The Hall–Kier alpha value is -2.56. The number of halogens is 1. The molecule has 4 nitrogen and oxygen atoms in total. The van der Waals surface area contributed by atoms with Gasteiger partial charge in [-0.15, -0.1) is 0 Å². The van der Waals surface area contributed by atoms with Crippen LogP contribution >= 0.6 is 11.6 Å². The third kappa shape index (κ3) is 4.41.